The first kappa shape index (κ1) is 13.8. The number of carbonyl (C=O) groups is 2. The maximum atomic E-state index is 11.8. The summed E-state index contributed by atoms with van der Waals surface area (Å²) in [6, 6.07) is 3.72. The van der Waals surface area contributed by atoms with E-state index in [1.165, 1.54) is 0 Å². The van der Waals surface area contributed by atoms with Crippen LogP contribution in [0.4, 0.5) is 0 Å². The van der Waals surface area contributed by atoms with Gasteiger partial charge in [0.1, 0.15) is 6.29 Å². The summed E-state index contributed by atoms with van der Waals surface area (Å²) in [4.78, 5) is 23.1. The van der Waals surface area contributed by atoms with E-state index in [4.69, 9.17) is 0 Å². The highest BCUT2D eigenvalue weighted by Gasteiger charge is 2.42. The van der Waals surface area contributed by atoms with Gasteiger partial charge < -0.3 is 5.11 Å². The van der Waals surface area contributed by atoms with Crippen molar-refractivity contribution < 1.29 is 14.7 Å². The third-order valence-corrected chi connectivity index (χ3v) is 4.42. The van der Waals surface area contributed by atoms with Crippen LogP contribution < -0.4 is 0 Å². The quantitative estimate of drug-likeness (QED) is 0.847. The van der Waals surface area contributed by atoms with Crippen LogP contribution in [0, 0.1) is 13.8 Å². The fourth-order valence-corrected chi connectivity index (χ4v) is 3.10. The fourth-order valence-electron chi connectivity index (χ4n) is 3.10. The minimum Gasteiger partial charge on any atom is -0.481 e. The minimum absolute atomic E-state index is 0.535. The number of rotatable bonds is 3. The Labute approximate surface area is 113 Å². The van der Waals surface area contributed by atoms with Crippen LogP contribution in [0.15, 0.2) is 12.1 Å². The highest BCUT2D eigenvalue weighted by molar-refractivity contribution is 5.88. The van der Waals surface area contributed by atoms with Crippen LogP contribution in [0.5, 0.6) is 0 Å². The summed E-state index contributed by atoms with van der Waals surface area (Å²) in [5.41, 5.74) is 2.45. The van der Waals surface area contributed by atoms with Crippen molar-refractivity contribution in [2.24, 2.45) is 0 Å². The van der Waals surface area contributed by atoms with E-state index in [-0.39, 0.29) is 0 Å². The molecular formula is C16H20O3. The van der Waals surface area contributed by atoms with Crippen LogP contribution in [-0.4, -0.2) is 17.4 Å². The first-order valence-corrected chi connectivity index (χ1v) is 6.81. The van der Waals surface area contributed by atoms with E-state index in [9.17, 15) is 14.7 Å². The molecule has 0 bridgehead atoms. The number of hydrogen-bond acceptors (Lipinski definition) is 2. The molecule has 2 rings (SSSR count). The first-order chi connectivity index (χ1) is 9.01. The lowest BCUT2D eigenvalue weighted by Gasteiger charge is -2.35. The minimum atomic E-state index is -0.868. The van der Waals surface area contributed by atoms with Gasteiger partial charge in [-0.1, -0.05) is 25.3 Å². The molecule has 0 radical (unpaired) electrons. The molecule has 1 aliphatic rings. The summed E-state index contributed by atoms with van der Waals surface area (Å²) in [6.07, 6.45) is 4.96. The van der Waals surface area contributed by atoms with E-state index in [2.05, 4.69) is 0 Å². The molecule has 0 heterocycles. The van der Waals surface area contributed by atoms with Gasteiger partial charge in [0.2, 0.25) is 0 Å². The van der Waals surface area contributed by atoms with Gasteiger partial charge in [-0.3, -0.25) is 9.59 Å². The number of carboxylic acid groups (broad SMARTS) is 1. The van der Waals surface area contributed by atoms with Gasteiger partial charge in [0, 0.05) is 5.56 Å². The third kappa shape index (κ3) is 2.29. The Morgan fingerprint density at radius 1 is 1.16 bits per heavy atom. The highest BCUT2D eigenvalue weighted by Crippen LogP contribution is 2.41. The van der Waals surface area contributed by atoms with Crippen LogP contribution in [-0.2, 0) is 10.2 Å². The lowest BCUT2D eigenvalue weighted by atomic mass is 9.67. The van der Waals surface area contributed by atoms with Crippen molar-refractivity contribution in [1.29, 1.82) is 0 Å². The third-order valence-electron chi connectivity index (χ3n) is 4.42. The summed E-state index contributed by atoms with van der Waals surface area (Å²) in [7, 11) is 0. The Morgan fingerprint density at radius 2 is 1.74 bits per heavy atom. The molecule has 1 saturated carbocycles. The van der Waals surface area contributed by atoms with Crippen LogP contribution >= 0.6 is 0 Å². The normalized spacial score (nSPS) is 18.0. The molecule has 0 amide bonds. The van der Waals surface area contributed by atoms with E-state index < -0.39 is 11.4 Å². The zero-order valence-electron chi connectivity index (χ0n) is 11.5. The van der Waals surface area contributed by atoms with Gasteiger partial charge in [-0.05, 0) is 49.4 Å². The van der Waals surface area contributed by atoms with E-state index in [0.717, 1.165) is 36.7 Å². The molecule has 19 heavy (non-hydrogen) atoms. The second-order valence-corrected chi connectivity index (χ2v) is 5.59. The van der Waals surface area contributed by atoms with Crippen LogP contribution in [0.3, 0.4) is 0 Å². The van der Waals surface area contributed by atoms with Gasteiger partial charge in [-0.2, -0.15) is 0 Å². The number of aliphatic carboxylic acids is 1. The molecule has 0 aromatic heterocycles. The number of carboxylic acids is 1. The molecule has 1 aromatic rings. The Morgan fingerprint density at radius 3 is 2.26 bits per heavy atom. The van der Waals surface area contributed by atoms with E-state index in [1.807, 2.05) is 26.0 Å². The molecule has 1 N–H and O–H groups in total. The van der Waals surface area contributed by atoms with Gasteiger partial charge in [-0.15, -0.1) is 0 Å². The molecule has 3 nitrogen and oxygen atoms in total. The van der Waals surface area contributed by atoms with Crippen molar-refractivity contribution in [1.82, 2.24) is 0 Å². The lowest BCUT2D eigenvalue weighted by Crippen LogP contribution is -2.38. The van der Waals surface area contributed by atoms with Crippen LogP contribution in [0.25, 0.3) is 0 Å². The monoisotopic (exact) mass is 260 g/mol. The predicted molar refractivity (Wildman–Crippen MR) is 73.7 cm³/mol. The average Bonchev–Trinajstić information content (AvgIpc) is 2.42. The molecule has 102 valence electrons. The summed E-state index contributed by atoms with van der Waals surface area (Å²) < 4.78 is 0. The second kappa shape index (κ2) is 5.16. The van der Waals surface area contributed by atoms with Crippen LogP contribution in [0.2, 0.25) is 0 Å². The second-order valence-electron chi connectivity index (χ2n) is 5.59. The van der Waals surface area contributed by atoms with Gasteiger partial charge >= 0.3 is 5.97 Å². The number of aryl methyl sites for hydroxylation is 2. The Balaban J connectivity index is 2.62. The van der Waals surface area contributed by atoms with E-state index in [0.29, 0.717) is 24.0 Å². The largest absolute Gasteiger partial charge is 0.481 e. The lowest BCUT2D eigenvalue weighted by molar-refractivity contribution is -0.145. The van der Waals surface area contributed by atoms with Crippen LogP contribution in [0.1, 0.15) is 59.2 Å². The van der Waals surface area contributed by atoms with Gasteiger partial charge in [-0.25, -0.2) is 0 Å². The Kier molecular flexibility index (Phi) is 3.74. The Hall–Kier alpha value is -1.64. The highest BCUT2D eigenvalue weighted by atomic mass is 16.4. The molecule has 0 atom stereocenters. The maximum Gasteiger partial charge on any atom is 0.314 e. The number of carbonyl (C=O) groups excluding carboxylic acids is 1. The maximum absolute atomic E-state index is 11.8. The standard InChI is InChI=1S/C16H20O3/c1-11-8-13(10-17)14(9-12(11)2)16(15(18)19)6-4-3-5-7-16/h8-10H,3-7H2,1-2H3,(H,18,19). The molecule has 0 saturated heterocycles. The van der Waals surface area contributed by atoms with Crippen molar-refractivity contribution in [3.05, 3.63) is 34.4 Å². The van der Waals surface area contributed by atoms with E-state index in [1.54, 1.807) is 0 Å². The Bertz CT molecular complexity index is 511. The van der Waals surface area contributed by atoms with Gasteiger partial charge in [0.15, 0.2) is 0 Å². The van der Waals surface area contributed by atoms with Gasteiger partial charge in [0.25, 0.3) is 0 Å². The summed E-state index contributed by atoms with van der Waals surface area (Å²) in [5, 5.41) is 9.71. The SMILES string of the molecule is Cc1cc(C=O)c(C2(C(=O)O)CCCCC2)cc1C. The topological polar surface area (TPSA) is 54.4 Å². The zero-order valence-corrected chi connectivity index (χ0v) is 11.5. The predicted octanol–water partition coefficient (Wildman–Crippen LogP) is 3.40. The van der Waals surface area contributed by atoms with Crippen molar-refractivity contribution in [2.75, 3.05) is 0 Å². The molecule has 0 spiro atoms. The molecule has 1 aromatic carbocycles. The molecule has 0 unspecified atom stereocenters. The molecule has 0 aliphatic heterocycles. The number of hydrogen-bond donors (Lipinski definition) is 1. The van der Waals surface area contributed by atoms with Crippen molar-refractivity contribution >= 4 is 12.3 Å². The number of aldehydes is 1. The molecule has 1 aliphatic carbocycles. The first-order valence-electron chi connectivity index (χ1n) is 6.81. The molecular weight excluding hydrogens is 240 g/mol. The number of benzene rings is 1. The fraction of sp³-hybridized carbons (Fsp3) is 0.500. The average molecular weight is 260 g/mol. The summed E-state index contributed by atoms with van der Waals surface area (Å²) in [6.45, 7) is 3.91. The summed E-state index contributed by atoms with van der Waals surface area (Å²) >= 11 is 0. The zero-order chi connectivity index (χ0) is 14.0. The van der Waals surface area contributed by atoms with Crippen molar-refractivity contribution in [2.45, 2.75) is 51.4 Å². The summed E-state index contributed by atoms with van der Waals surface area (Å²) in [5.74, 6) is -0.793. The van der Waals surface area contributed by atoms with Crippen molar-refractivity contribution in [3.63, 3.8) is 0 Å². The molecule has 3 heteroatoms. The van der Waals surface area contributed by atoms with Crippen molar-refractivity contribution in [3.8, 4) is 0 Å². The smallest absolute Gasteiger partial charge is 0.314 e. The van der Waals surface area contributed by atoms with Gasteiger partial charge in [0.05, 0.1) is 5.41 Å². The molecule has 1 fully saturated rings. The van der Waals surface area contributed by atoms with E-state index >= 15 is 0 Å².